The van der Waals surface area contributed by atoms with Gasteiger partial charge in [-0.05, 0) is 48.2 Å². The number of aryl methyl sites for hydroxylation is 1. The van der Waals surface area contributed by atoms with Gasteiger partial charge < -0.3 is 9.47 Å². The minimum Gasteiger partial charge on any atom is -0.483 e. The van der Waals surface area contributed by atoms with Crippen molar-refractivity contribution in [2.24, 2.45) is 0 Å². The van der Waals surface area contributed by atoms with Crippen LogP contribution in [-0.2, 0) is 4.79 Å². The van der Waals surface area contributed by atoms with Crippen LogP contribution in [0, 0.1) is 6.92 Å². The number of ether oxygens (including phenoxy) is 2. The predicted molar refractivity (Wildman–Crippen MR) is 99.4 cm³/mol. The number of halogens is 2. The summed E-state index contributed by atoms with van der Waals surface area (Å²) in [5, 5.41) is 0. The summed E-state index contributed by atoms with van der Waals surface area (Å²) in [4.78, 5) is 24.0. The zero-order chi connectivity index (χ0) is 20.7. The van der Waals surface area contributed by atoms with E-state index >= 15 is 0 Å². The van der Waals surface area contributed by atoms with Gasteiger partial charge in [0.1, 0.15) is 11.5 Å². The van der Waals surface area contributed by atoms with E-state index in [0.717, 1.165) is 17.2 Å². The minimum absolute atomic E-state index is 0.0557. The van der Waals surface area contributed by atoms with Crippen LogP contribution in [0.15, 0.2) is 42.5 Å². The molecule has 0 aliphatic heterocycles. The van der Waals surface area contributed by atoms with Crippen LogP contribution in [-0.4, -0.2) is 25.0 Å². The van der Waals surface area contributed by atoms with Gasteiger partial charge in [-0.2, -0.15) is 8.78 Å². The summed E-state index contributed by atoms with van der Waals surface area (Å²) in [7, 11) is 0. The van der Waals surface area contributed by atoms with E-state index in [-0.39, 0.29) is 23.8 Å². The fourth-order valence-corrected chi connectivity index (χ4v) is 2.44. The van der Waals surface area contributed by atoms with E-state index in [4.69, 9.17) is 4.74 Å². The topological polar surface area (TPSA) is 76.7 Å². The first-order chi connectivity index (χ1) is 13.3. The standard InChI is InChI=1S/C20H22F2N2O4/c1-12(2)16-8-7-13(3)9-17(16)27-11-18(25)23-24-19(26)14-5-4-6-15(10-14)28-20(21)22/h4-10,12,20H,11H2,1-3H3,(H,23,25)(H,24,26). The number of nitrogens with one attached hydrogen (secondary N) is 2. The quantitative estimate of drug-likeness (QED) is 0.707. The number of carbonyl (C=O) groups is 2. The molecular weight excluding hydrogens is 370 g/mol. The van der Waals surface area contributed by atoms with Gasteiger partial charge >= 0.3 is 6.61 Å². The third-order valence-electron chi connectivity index (χ3n) is 3.79. The average Bonchev–Trinajstić information content (AvgIpc) is 2.63. The van der Waals surface area contributed by atoms with Gasteiger partial charge in [0.25, 0.3) is 11.8 Å². The van der Waals surface area contributed by atoms with Crippen molar-refractivity contribution in [2.45, 2.75) is 33.3 Å². The van der Waals surface area contributed by atoms with Crippen LogP contribution in [0.5, 0.6) is 11.5 Å². The molecule has 0 bridgehead atoms. The Bertz CT molecular complexity index is 841. The fraction of sp³-hybridized carbons (Fsp3) is 0.300. The summed E-state index contributed by atoms with van der Waals surface area (Å²) in [5.74, 6) is -0.566. The van der Waals surface area contributed by atoms with E-state index in [2.05, 4.69) is 15.6 Å². The second kappa shape index (κ2) is 9.68. The summed E-state index contributed by atoms with van der Waals surface area (Å²) in [6, 6.07) is 11.0. The van der Waals surface area contributed by atoms with Crippen molar-refractivity contribution in [3.63, 3.8) is 0 Å². The molecule has 150 valence electrons. The molecule has 0 unspecified atom stereocenters. The summed E-state index contributed by atoms with van der Waals surface area (Å²) >= 11 is 0. The van der Waals surface area contributed by atoms with Crippen LogP contribution < -0.4 is 20.3 Å². The Morgan fingerprint density at radius 1 is 1.07 bits per heavy atom. The molecule has 0 spiro atoms. The van der Waals surface area contributed by atoms with Gasteiger partial charge in [-0.3, -0.25) is 20.4 Å². The van der Waals surface area contributed by atoms with E-state index in [9.17, 15) is 18.4 Å². The lowest BCUT2D eigenvalue weighted by Crippen LogP contribution is -2.43. The molecule has 0 radical (unpaired) electrons. The van der Waals surface area contributed by atoms with Crippen LogP contribution in [0.25, 0.3) is 0 Å². The van der Waals surface area contributed by atoms with Gasteiger partial charge in [-0.15, -0.1) is 0 Å². The van der Waals surface area contributed by atoms with Crippen molar-refractivity contribution in [2.75, 3.05) is 6.61 Å². The number of hydrazine groups is 1. The van der Waals surface area contributed by atoms with Crippen molar-refractivity contribution in [3.8, 4) is 11.5 Å². The number of rotatable bonds is 7. The molecule has 0 saturated heterocycles. The first-order valence-corrected chi connectivity index (χ1v) is 8.63. The zero-order valence-electron chi connectivity index (χ0n) is 15.8. The van der Waals surface area contributed by atoms with Crippen LogP contribution in [0.4, 0.5) is 8.78 Å². The maximum atomic E-state index is 12.2. The minimum atomic E-state index is -2.99. The Labute approximate surface area is 161 Å². The van der Waals surface area contributed by atoms with Crippen molar-refractivity contribution < 1.29 is 27.8 Å². The molecule has 0 atom stereocenters. The molecule has 0 saturated carbocycles. The highest BCUT2D eigenvalue weighted by Crippen LogP contribution is 2.27. The molecule has 8 heteroatoms. The van der Waals surface area contributed by atoms with Crippen LogP contribution >= 0.6 is 0 Å². The summed E-state index contributed by atoms with van der Waals surface area (Å²) in [6.45, 7) is 2.67. The molecule has 28 heavy (non-hydrogen) atoms. The molecule has 0 heterocycles. The number of hydrogen-bond donors (Lipinski definition) is 2. The highest BCUT2D eigenvalue weighted by molar-refractivity contribution is 5.95. The lowest BCUT2D eigenvalue weighted by Gasteiger charge is -2.15. The SMILES string of the molecule is Cc1ccc(C(C)C)c(OCC(=O)NNC(=O)c2cccc(OC(F)F)c2)c1. The van der Waals surface area contributed by atoms with Gasteiger partial charge in [-0.25, -0.2) is 0 Å². The van der Waals surface area contributed by atoms with Crippen molar-refractivity contribution in [1.82, 2.24) is 10.9 Å². The number of alkyl halides is 2. The van der Waals surface area contributed by atoms with Gasteiger partial charge in [0, 0.05) is 5.56 Å². The van der Waals surface area contributed by atoms with Gasteiger partial charge in [0.15, 0.2) is 6.61 Å². The molecule has 2 rings (SSSR count). The largest absolute Gasteiger partial charge is 0.483 e. The molecule has 2 amide bonds. The molecule has 2 aromatic carbocycles. The third-order valence-corrected chi connectivity index (χ3v) is 3.79. The van der Waals surface area contributed by atoms with Gasteiger partial charge in [0.05, 0.1) is 0 Å². The van der Waals surface area contributed by atoms with Crippen LogP contribution in [0.1, 0.15) is 41.3 Å². The molecule has 2 N–H and O–H groups in total. The van der Waals surface area contributed by atoms with Crippen molar-refractivity contribution in [3.05, 3.63) is 59.2 Å². The number of amides is 2. The highest BCUT2D eigenvalue weighted by Gasteiger charge is 2.13. The zero-order valence-corrected chi connectivity index (χ0v) is 15.8. The molecule has 0 fully saturated rings. The highest BCUT2D eigenvalue weighted by atomic mass is 19.3. The predicted octanol–water partition coefficient (Wildman–Crippen LogP) is 3.56. The number of hydrogen-bond acceptors (Lipinski definition) is 4. The van der Waals surface area contributed by atoms with Gasteiger partial charge in [0.2, 0.25) is 0 Å². The molecule has 2 aromatic rings. The molecule has 0 aromatic heterocycles. The Morgan fingerprint density at radius 3 is 2.50 bits per heavy atom. The smallest absolute Gasteiger partial charge is 0.387 e. The maximum Gasteiger partial charge on any atom is 0.387 e. The second-order valence-corrected chi connectivity index (χ2v) is 6.39. The average molecular weight is 392 g/mol. The van der Waals surface area contributed by atoms with E-state index < -0.39 is 18.4 Å². The van der Waals surface area contributed by atoms with Crippen LogP contribution in [0.3, 0.4) is 0 Å². The van der Waals surface area contributed by atoms with E-state index in [1.165, 1.54) is 18.2 Å². The summed E-state index contributed by atoms with van der Waals surface area (Å²) in [6.07, 6.45) is 0. The lowest BCUT2D eigenvalue weighted by molar-refractivity contribution is -0.123. The van der Waals surface area contributed by atoms with Crippen molar-refractivity contribution in [1.29, 1.82) is 0 Å². The first-order valence-electron chi connectivity index (χ1n) is 8.63. The summed E-state index contributed by atoms with van der Waals surface area (Å²) < 4.78 is 34.3. The Kier molecular flexibility index (Phi) is 7.31. The van der Waals surface area contributed by atoms with E-state index in [1.54, 1.807) is 0 Å². The second-order valence-electron chi connectivity index (χ2n) is 6.39. The molecule has 0 aliphatic carbocycles. The first kappa shape index (κ1) is 21.1. The number of carbonyl (C=O) groups excluding carboxylic acids is 2. The summed E-state index contributed by atoms with van der Waals surface area (Å²) in [5.41, 5.74) is 6.45. The van der Waals surface area contributed by atoms with E-state index in [0.29, 0.717) is 5.75 Å². The van der Waals surface area contributed by atoms with E-state index in [1.807, 2.05) is 39.0 Å². The monoisotopic (exact) mass is 392 g/mol. The van der Waals surface area contributed by atoms with Crippen molar-refractivity contribution >= 4 is 11.8 Å². The van der Waals surface area contributed by atoms with Gasteiger partial charge in [-0.1, -0.05) is 32.0 Å². The normalized spacial score (nSPS) is 10.7. The lowest BCUT2D eigenvalue weighted by atomic mass is 10.0. The molecule has 6 nitrogen and oxygen atoms in total. The molecular formula is C20H22F2N2O4. The molecule has 0 aliphatic rings. The van der Waals surface area contributed by atoms with Crippen LogP contribution in [0.2, 0.25) is 0 Å². The Hall–Kier alpha value is -3.16. The number of benzene rings is 2. The Morgan fingerprint density at radius 2 is 1.82 bits per heavy atom. The third kappa shape index (κ3) is 6.22. The fourth-order valence-electron chi connectivity index (χ4n) is 2.44. The Balaban J connectivity index is 1.89. The maximum absolute atomic E-state index is 12.2.